The molecule has 1 fully saturated rings. The second-order valence-electron chi connectivity index (χ2n) is 6.65. The molecule has 154 valence electrons. The van der Waals surface area contributed by atoms with Gasteiger partial charge in [-0.1, -0.05) is 6.07 Å². The van der Waals surface area contributed by atoms with Crippen LogP contribution in [0.25, 0.3) is 6.08 Å². The monoisotopic (exact) mass is 402 g/mol. The van der Waals surface area contributed by atoms with Gasteiger partial charge in [-0.2, -0.15) is 0 Å². The lowest BCUT2D eigenvalue weighted by molar-refractivity contribution is -0.111. The largest absolute Gasteiger partial charge is 0.493 e. The standard InChI is InChI=1S/C22H24F2N2O3/c1-3-29-20-12-15(6-8-19(20)28-2)7-9-21(27)25-16-13-17(23)22(18(24)14-16)26-10-4-5-11-26/h6-9,12-14H,3-5,10-11H2,1-2H3,(H,25,27)/b9-7+. The number of carbonyl (C=O) groups is 1. The fourth-order valence-corrected chi connectivity index (χ4v) is 3.30. The van der Waals surface area contributed by atoms with Crippen LogP contribution >= 0.6 is 0 Å². The highest BCUT2D eigenvalue weighted by Gasteiger charge is 2.21. The van der Waals surface area contributed by atoms with Gasteiger partial charge in [0.15, 0.2) is 23.1 Å². The summed E-state index contributed by atoms with van der Waals surface area (Å²) in [6.07, 6.45) is 4.71. The van der Waals surface area contributed by atoms with Crippen LogP contribution < -0.4 is 19.7 Å². The molecule has 0 atom stereocenters. The van der Waals surface area contributed by atoms with E-state index in [1.807, 2.05) is 6.92 Å². The Kier molecular flexibility index (Phi) is 6.69. The van der Waals surface area contributed by atoms with Crippen LogP contribution in [-0.4, -0.2) is 32.7 Å². The van der Waals surface area contributed by atoms with E-state index in [0.717, 1.165) is 30.5 Å². The van der Waals surface area contributed by atoms with Crippen molar-refractivity contribution in [3.63, 3.8) is 0 Å². The summed E-state index contributed by atoms with van der Waals surface area (Å²) in [5.41, 5.74) is 0.770. The van der Waals surface area contributed by atoms with Gasteiger partial charge in [0, 0.05) is 24.9 Å². The summed E-state index contributed by atoms with van der Waals surface area (Å²) in [4.78, 5) is 13.9. The van der Waals surface area contributed by atoms with Crippen LogP contribution in [-0.2, 0) is 4.79 Å². The predicted molar refractivity (Wildman–Crippen MR) is 110 cm³/mol. The lowest BCUT2D eigenvalue weighted by atomic mass is 10.2. The molecule has 1 N–H and O–H groups in total. The molecule has 1 saturated heterocycles. The molecule has 2 aromatic carbocycles. The van der Waals surface area contributed by atoms with E-state index in [9.17, 15) is 13.6 Å². The molecule has 0 spiro atoms. The maximum Gasteiger partial charge on any atom is 0.248 e. The lowest BCUT2D eigenvalue weighted by Gasteiger charge is -2.19. The van der Waals surface area contributed by atoms with Gasteiger partial charge in [0.25, 0.3) is 0 Å². The van der Waals surface area contributed by atoms with Gasteiger partial charge in [-0.05, 0) is 55.7 Å². The van der Waals surface area contributed by atoms with Crippen LogP contribution in [0.15, 0.2) is 36.4 Å². The van der Waals surface area contributed by atoms with Gasteiger partial charge in [-0.15, -0.1) is 0 Å². The highest BCUT2D eigenvalue weighted by Crippen LogP contribution is 2.30. The molecule has 0 saturated carbocycles. The van der Waals surface area contributed by atoms with Crippen LogP contribution in [0.5, 0.6) is 11.5 Å². The molecule has 0 aromatic heterocycles. The summed E-state index contributed by atoms with van der Waals surface area (Å²) in [7, 11) is 1.55. The van der Waals surface area contributed by atoms with E-state index in [2.05, 4.69) is 5.32 Å². The number of ether oxygens (including phenoxy) is 2. The van der Waals surface area contributed by atoms with Gasteiger partial charge < -0.3 is 19.7 Å². The maximum atomic E-state index is 14.4. The maximum absolute atomic E-state index is 14.4. The number of hydrogen-bond donors (Lipinski definition) is 1. The molecular weight excluding hydrogens is 378 g/mol. The fourth-order valence-electron chi connectivity index (χ4n) is 3.30. The molecule has 0 aliphatic carbocycles. The molecular formula is C22H24F2N2O3. The topological polar surface area (TPSA) is 50.8 Å². The van der Waals surface area contributed by atoms with Gasteiger partial charge >= 0.3 is 0 Å². The number of nitrogens with one attached hydrogen (secondary N) is 1. The number of nitrogens with zero attached hydrogens (tertiary/aromatic N) is 1. The van der Waals surface area contributed by atoms with Crippen molar-refractivity contribution in [1.82, 2.24) is 0 Å². The number of amides is 1. The lowest BCUT2D eigenvalue weighted by Crippen LogP contribution is -2.21. The van der Waals surface area contributed by atoms with Crippen LogP contribution in [0.3, 0.4) is 0 Å². The molecule has 2 aromatic rings. The first-order chi connectivity index (χ1) is 14.0. The summed E-state index contributed by atoms with van der Waals surface area (Å²) in [6.45, 7) is 3.61. The van der Waals surface area contributed by atoms with Crippen LogP contribution in [0.4, 0.5) is 20.2 Å². The van der Waals surface area contributed by atoms with Crippen molar-refractivity contribution in [2.75, 3.05) is 37.0 Å². The Hall–Kier alpha value is -3.09. The van der Waals surface area contributed by atoms with Crippen LogP contribution in [0, 0.1) is 11.6 Å². The van der Waals surface area contributed by atoms with E-state index < -0.39 is 17.5 Å². The molecule has 1 aliphatic heterocycles. The van der Waals surface area contributed by atoms with E-state index in [4.69, 9.17) is 9.47 Å². The summed E-state index contributed by atoms with van der Waals surface area (Å²) in [5, 5.41) is 2.49. The third kappa shape index (κ3) is 5.04. The minimum Gasteiger partial charge on any atom is -0.493 e. The minimum absolute atomic E-state index is 0.0299. The first-order valence-corrected chi connectivity index (χ1v) is 9.55. The first kappa shape index (κ1) is 20.6. The Morgan fingerprint density at radius 3 is 2.45 bits per heavy atom. The van der Waals surface area contributed by atoms with Gasteiger partial charge in [0.2, 0.25) is 5.91 Å². The summed E-state index contributed by atoms with van der Waals surface area (Å²) in [6, 6.07) is 7.54. The number of benzene rings is 2. The Labute approximate surface area is 168 Å². The van der Waals surface area contributed by atoms with Gasteiger partial charge in [-0.25, -0.2) is 8.78 Å². The van der Waals surface area contributed by atoms with Gasteiger partial charge in [0.05, 0.1) is 13.7 Å². The van der Waals surface area contributed by atoms with Crippen molar-refractivity contribution in [2.24, 2.45) is 0 Å². The minimum atomic E-state index is -0.678. The molecule has 0 unspecified atom stereocenters. The van der Waals surface area contributed by atoms with Crippen molar-refractivity contribution in [2.45, 2.75) is 19.8 Å². The quantitative estimate of drug-likeness (QED) is 0.687. The summed E-state index contributed by atoms with van der Waals surface area (Å²) < 4.78 is 39.5. The van der Waals surface area contributed by atoms with Gasteiger partial charge in [-0.3, -0.25) is 4.79 Å². The second-order valence-corrected chi connectivity index (χ2v) is 6.65. The molecule has 1 heterocycles. The molecule has 1 amide bonds. The van der Waals surface area contributed by atoms with E-state index in [0.29, 0.717) is 31.2 Å². The second kappa shape index (κ2) is 9.41. The zero-order valence-corrected chi connectivity index (χ0v) is 16.5. The van der Waals surface area contributed by atoms with Crippen molar-refractivity contribution in [3.8, 4) is 11.5 Å². The number of rotatable bonds is 7. The van der Waals surface area contributed by atoms with E-state index in [-0.39, 0.29) is 11.4 Å². The molecule has 0 radical (unpaired) electrons. The Morgan fingerprint density at radius 1 is 1.14 bits per heavy atom. The molecule has 29 heavy (non-hydrogen) atoms. The van der Waals surface area contributed by atoms with Crippen LogP contribution in [0.2, 0.25) is 0 Å². The molecule has 3 rings (SSSR count). The Morgan fingerprint density at radius 2 is 1.83 bits per heavy atom. The fraction of sp³-hybridized carbons (Fsp3) is 0.318. The summed E-state index contributed by atoms with van der Waals surface area (Å²) >= 11 is 0. The van der Waals surface area contributed by atoms with E-state index in [1.54, 1.807) is 36.3 Å². The zero-order valence-electron chi connectivity index (χ0n) is 16.5. The molecule has 0 bridgehead atoms. The average molecular weight is 402 g/mol. The molecule has 1 aliphatic rings. The number of carbonyl (C=O) groups excluding carboxylic acids is 1. The Bertz CT molecular complexity index is 886. The number of halogens is 2. The van der Waals surface area contributed by atoms with Crippen molar-refractivity contribution in [3.05, 3.63) is 53.6 Å². The third-order valence-electron chi connectivity index (χ3n) is 4.62. The third-order valence-corrected chi connectivity index (χ3v) is 4.62. The zero-order chi connectivity index (χ0) is 20.8. The van der Waals surface area contributed by atoms with Crippen molar-refractivity contribution in [1.29, 1.82) is 0 Å². The van der Waals surface area contributed by atoms with Gasteiger partial charge in [0.1, 0.15) is 5.69 Å². The molecule has 7 heteroatoms. The van der Waals surface area contributed by atoms with E-state index >= 15 is 0 Å². The number of hydrogen-bond acceptors (Lipinski definition) is 4. The highest BCUT2D eigenvalue weighted by molar-refractivity contribution is 6.02. The Balaban J connectivity index is 1.70. The summed E-state index contributed by atoms with van der Waals surface area (Å²) in [5.74, 6) is -0.687. The first-order valence-electron chi connectivity index (χ1n) is 9.55. The smallest absolute Gasteiger partial charge is 0.248 e. The highest BCUT2D eigenvalue weighted by atomic mass is 19.1. The number of anilines is 2. The number of methoxy groups -OCH3 is 1. The normalized spacial score (nSPS) is 13.7. The predicted octanol–water partition coefficient (Wildman–Crippen LogP) is 4.62. The van der Waals surface area contributed by atoms with Crippen molar-refractivity contribution >= 4 is 23.4 Å². The van der Waals surface area contributed by atoms with Crippen LogP contribution in [0.1, 0.15) is 25.3 Å². The average Bonchev–Trinajstić information content (AvgIpc) is 3.20. The SMILES string of the molecule is CCOc1cc(/C=C/C(=O)Nc2cc(F)c(N3CCCC3)c(F)c2)ccc1OC. The molecule has 5 nitrogen and oxygen atoms in total. The van der Waals surface area contributed by atoms with E-state index in [1.165, 1.54) is 6.08 Å². The van der Waals surface area contributed by atoms with Crippen molar-refractivity contribution < 1.29 is 23.0 Å².